The van der Waals surface area contributed by atoms with Crippen LogP contribution < -0.4 is 5.32 Å². The summed E-state index contributed by atoms with van der Waals surface area (Å²) in [5, 5.41) is 9.52. The van der Waals surface area contributed by atoms with Gasteiger partial charge in [0.1, 0.15) is 4.83 Å². The molecule has 1 aliphatic carbocycles. The number of aryl methyl sites for hydroxylation is 2. The molecule has 0 saturated heterocycles. The molecule has 0 bridgehead atoms. The van der Waals surface area contributed by atoms with Gasteiger partial charge in [0.05, 0.1) is 5.39 Å². The van der Waals surface area contributed by atoms with Crippen molar-refractivity contribution in [3.05, 3.63) is 40.8 Å². The van der Waals surface area contributed by atoms with Crippen molar-refractivity contribution in [2.45, 2.75) is 25.7 Å². The van der Waals surface area contributed by atoms with Gasteiger partial charge in [-0.15, -0.1) is 16.4 Å². The molecule has 0 spiro atoms. The van der Waals surface area contributed by atoms with Gasteiger partial charge in [0.2, 0.25) is 5.95 Å². The van der Waals surface area contributed by atoms with Gasteiger partial charge in [0.15, 0.2) is 11.5 Å². The Morgan fingerprint density at radius 1 is 1.14 bits per heavy atom. The van der Waals surface area contributed by atoms with Gasteiger partial charge in [-0.3, -0.25) is 0 Å². The second-order valence-electron chi connectivity index (χ2n) is 7.59. The standard InChI is InChI=1S/C21H24N6S/c1-26(2)13-7-12-22-21-24-20-17(15-10-6-11-16(15)28-20)19-23-18(25-27(19)21)14-8-4-3-5-9-14/h3-5,8-9H,6-7,10-13H2,1-2H3,(H,22,24). The first-order valence-electron chi connectivity index (χ1n) is 9.86. The molecule has 0 saturated carbocycles. The van der Waals surface area contributed by atoms with Gasteiger partial charge < -0.3 is 10.2 Å². The van der Waals surface area contributed by atoms with Crippen molar-refractivity contribution in [2.75, 3.05) is 32.5 Å². The fourth-order valence-corrected chi connectivity index (χ4v) is 5.14. The van der Waals surface area contributed by atoms with Crippen molar-refractivity contribution in [1.82, 2.24) is 24.5 Å². The molecular formula is C21H24N6S. The molecule has 1 aromatic carbocycles. The average molecular weight is 393 g/mol. The van der Waals surface area contributed by atoms with E-state index in [1.807, 2.05) is 34.1 Å². The van der Waals surface area contributed by atoms with Crippen molar-refractivity contribution < 1.29 is 0 Å². The Bertz CT molecular complexity index is 1130. The molecule has 7 heteroatoms. The maximum atomic E-state index is 4.95. The maximum Gasteiger partial charge on any atom is 0.227 e. The number of rotatable bonds is 6. The molecule has 0 radical (unpaired) electrons. The summed E-state index contributed by atoms with van der Waals surface area (Å²) in [6.45, 7) is 1.90. The fourth-order valence-electron chi connectivity index (χ4n) is 3.88. The highest BCUT2D eigenvalue weighted by Crippen LogP contribution is 2.39. The summed E-state index contributed by atoms with van der Waals surface area (Å²) >= 11 is 1.82. The normalized spacial score (nSPS) is 13.7. The van der Waals surface area contributed by atoms with Gasteiger partial charge in [0.25, 0.3) is 0 Å². The molecule has 4 aromatic rings. The van der Waals surface area contributed by atoms with Crippen LogP contribution in [0.5, 0.6) is 0 Å². The summed E-state index contributed by atoms with van der Waals surface area (Å²) in [4.78, 5) is 14.6. The summed E-state index contributed by atoms with van der Waals surface area (Å²) in [6, 6.07) is 10.2. The highest BCUT2D eigenvalue weighted by Gasteiger charge is 2.24. The Hall–Kier alpha value is -2.51. The number of fused-ring (bicyclic) bond motifs is 5. The second-order valence-corrected chi connectivity index (χ2v) is 8.68. The molecule has 6 nitrogen and oxygen atoms in total. The van der Waals surface area contributed by atoms with Crippen molar-refractivity contribution in [3.63, 3.8) is 0 Å². The lowest BCUT2D eigenvalue weighted by atomic mass is 10.2. The lowest BCUT2D eigenvalue weighted by Crippen LogP contribution is -2.17. The minimum absolute atomic E-state index is 0.754. The Morgan fingerprint density at radius 3 is 2.82 bits per heavy atom. The quantitative estimate of drug-likeness (QED) is 0.505. The fraction of sp³-hybridized carbons (Fsp3) is 0.381. The molecule has 0 amide bonds. The van der Waals surface area contributed by atoms with Crippen molar-refractivity contribution in [1.29, 1.82) is 0 Å². The maximum absolute atomic E-state index is 4.95. The highest BCUT2D eigenvalue weighted by molar-refractivity contribution is 7.19. The molecule has 3 aromatic heterocycles. The first-order chi connectivity index (χ1) is 13.7. The smallest absolute Gasteiger partial charge is 0.227 e. The van der Waals surface area contributed by atoms with Gasteiger partial charge in [-0.1, -0.05) is 30.3 Å². The molecule has 0 fully saturated rings. The van der Waals surface area contributed by atoms with Crippen LogP contribution in [0.1, 0.15) is 23.3 Å². The number of nitrogens with zero attached hydrogens (tertiary/aromatic N) is 5. The molecule has 28 heavy (non-hydrogen) atoms. The van der Waals surface area contributed by atoms with Crippen LogP contribution in [0.3, 0.4) is 0 Å². The Morgan fingerprint density at radius 2 is 2.00 bits per heavy atom. The number of hydrogen-bond donors (Lipinski definition) is 1. The van der Waals surface area contributed by atoms with E-state index < -0.39 is 0 Å². The van der Waals surface area contributed by atoms with Crippen LogP contribution in [-0.2, 0) is 12.8 Å². The lowest BCUT2D eigenvalue weighted by Gasteiger charge is -2.11. The molecule has 0 aliphatic heterocycles. The van der Waals surface area contributed by atoms with E-state index in [9.17, 15) is 0 Å². The number of thiophene rings is 1. The zero-order valence-corrected chi connectivity index (χ0v) is 17.1. The minimum Gasteiger partial charge on any atom is -0.354 e. The predicted octanol–water partition coefficient (Wildman–Crippen LogP) is 3.86. The van der Waals surface area contributed by atoms with E-state index in [-0.39, 0.29) is 0 Å². The molecule has 0 unspecified atom stereocenters. The van der Waals surface area contributed by atoms with E-state index in [4.69, 9.17) is 15.1 Å². The van der Waals surface area contributed by atoms with Crippen molar-refractivity contribution in [3.8, 4) is 11.4 Å². The number of benzene rings is 1. The summed E-state index contributed by atoms with van der Waals surface area (Å²) in [5.74, 6) is 1.54. The van der Waals surface area contributed by atoms with E-state index >= 15 is 0 Å². The number of anilines is 1. The Balaban J connectivity index is 1.62. The molecule has 5 rings (SSSR count). The van der Waals surface area contributed by atoms with Gasteiger partial charge >= 0.3 is 0 Å². The number of hydrogen-bond acceptors (Lipinski definition) is 6. The van der Waals surface area contributed by atoms with Gasteiger partial charge in [-0.2, -0.15) is 4.52 Å². The summed E-state index contributed by atoms with van der Waals surface area (Å²) in [7, 11) is 4.19. The predicted molar refractivity (Wildman–Crippen MR) is 115 cm³/mol. The molecule has 0 atom stereocenters. The van der Waals surface area contributed by atoms with E-state index in [1.165, 1.54) is 22.2 Å². The van der Waals surface area contributed by atoms with Crippen molar-refractivity contribution in [2.24, 2.45) is 0 Å². The largest absolute Gasteiger partial charge is 0.354 e. The molecular weight excluding hydrogens is 368 g/mol. The molecule has 1 N–H and O–H groups in total. The van der Waals surface area contributed by atoms with Gasteiger partial charge in [0, 0.05) is 17.0 Å². The van der Waals surface area contributed by atoms with E-state index in [2.05, 4.69) is 36.4 Å². The number of aromatic nitrogens is 4. The molecule has 144 valence electrons. The second kappa shape index (κ2) is 7.14. The van der Waals surface area contributed by atoms with Crippen LogP contribution >= 0.6 is 11.3 Å². The first-order valence-corrected chi connectivity index (χ1v) is 10.7. The molecule has 1 aliphatic rings. The Kier molecular flexibility index (Phi) is 4.49. The monoisotopic (exact) mass is 392 g/mol. The van der Waals surface area contributed by atoms with E-state index in [0.29, 0.717) is 0 Å². The first kappa shape index (κ1) is 17.6. The highest BCUT2D eigenvalue weighted by atomic mass is 32.1. The third-order valence-corrected chi connectivity index (χ3v) is 6.42. The van der Waals surface area contributed by atoms with Crippen LogP contribution in [0.15, 0.2) is 30.3 Å². The topological polar surface area (TPSA) is 58.3 Å². The zero-order chi connectivity index (χ0) is 19.1. The molecule has 3 heterocycles. The number of nitrogens with one attached hydrogen (secondary N) is 1. The van der Waals surface area contributed by atoms with Crippen LogP contribution in [0.4, 0.5) is 5.95 Å². The summed E-state index contributed by atoms with van der Waals surface area (Å²) in [5.41, 5.74) is 3.40. The Labute approximate surface area is 168 Å². The van der Waals surface area contributed by atoms with Crippen LogP contribution in [0.2, 0.25) is 0 Å². The van der Waals surface area contributed by atoms with Gasteiger partial charge in [-0.25, -0.2) is 9.97 Å². The SMILES string of the molecule is CN(C)CCCNc1nc2sc3c(c2c2nc(-c4ccccc4)nn12)CCC3. The van der Waals surface area contributed by atoms with Crippen LogP contribution in [0, 0.1) is 0 Å². The third kappa shape index (κ3) is 3.04. The van der Waals surface area contributed by atoms with Crippen LogP contribution in [-0.4, -0.2) is 51.7 Å². The summed E-state index contributed by atoms with van der Waals surface area (Å²) in [6.07, 6.45) is 4.56. The van der Waals surface area contributed by atoms with E-state index in [1.54, 1.807) is 0 Å². The van der Waals surface area contributed by atoms with Crippen molar-refractivity contribution >= 4 is 33.1 Å². The third-order valence-electron chi connectivity index (χ3n) is 5.24. The average Bonchev–Trinajstić information content (AvgIpc) is 3.39. The zero-order valence-electron chi connectivity index (χ0n) is 16.3. The summed E-state index contributed by atoms with van der Waals surface area (Å²) < 4.78 is 1.91. The van der Waals surface area contributed by atoms with Crippen LogP contribution in [0.25, 0.3) is 27.3 Å². The lowest BCUT2D eigenvalue weighted by molar-refractivity contribution is 0.405. The van der Waals surface area contributed by atoms with Gasteiger partial charge in [-0.05, 0) is 51.9 Å². The minimum atomic E-state index is 0.754. The van der Waals surface area contributed by atoms with E-state index in [0.717, 1.165) is 60.2 Å².